The van der Waals surface area contributed by atoms with Gasteiger partial charge in [0.05, 0.1) is 11.4 Å². The summed E-state index contributed by atoms with van der Waals surface area (Å²) in [6, 6.07) is 9.05. The van der Waals surface area contributed by atoms with E-state index in [9.17, 15) is 23.1 Å². The molecule has 3 N–H and O–H groups in total. The van der Waals surface area contributed by atoms with Gasteiger partial charge in [0.25, 0.3) is 5.91 Å². The molecule has 8 heteroatoms. The van der Waals surface area contributed by atoms with Crippen LogP contribution in [-0.4, -0.2) is 46.5 Å². The molecule has 1 amide bonds. The van der Waals surface area contributed by atoms with Crippen LogP contribution in [0.2, 0.25) is 0 Å². The zero-order valence-electron chi connectivity index (χ0n) is 13.9. The molecule has 0 radical (unpaired) electrons. The first-order valence-electron chi connectivity index (χ1n) is 7.71. The van der Waals surface area contributed by atoms with Crippen LogP contribution in [0.1, 0.15) is 13.8 Å². The summed E-state index contributed by atoms with van der Waals surface area (Å²) in [4.78, 5) is 17.6. The highest BCUT2D eigenvalue weighted by atomic mass is 19.4. The van der Waals surface area contributed by atoms with Gasteiger partial charge in [-0.25, -0.2) is 0 Å². The highest BCUT2D eigenvalue weighted by Crippen LogP contribution is 2.33. The fourth-order valence-corrected chi connectivity index (χ4v) is 2.63. The van der Waals surface area contributed by atoms with Crippen molar-refractivity contribution >= 4 is 17.3 Å². The number of hydrogen-bond acceptors (Lipinski definition) is 4. The molecular weight excluding hydrogens is 335 g/mol. The predicted molar refractivity (Wildman–Crippen MR) is 88.2 cm³/mol. The zero-order valence-corrected chi connectivity index (χ0v) is 13.9. The van der Waals surface area contributed by atoms with E-state index in [1.54, 1.807) is 19.1 Å². The minimum Gasteiger partial charge on any atom is -0.404 e. The first-order chi connectivity index (χ1) is 11.6. The maximum atomic E-state index is 12.9. The van der Waals surface area contributed by atoms with E-state index in [0.717, 1.165) is 4.90 Å². The second kappa shape index (κ2) is 6.87. The van der Waals surface area contributed by atoms with Crippen molar-refractivity contribution in [1.29, 1.82) is 0 Å². The van der Waals surface area contributed by atoms with Gasteiger partial charge in [-0.15, -0.1) is 0 Å². The van der Waals surface area contributed by atoms with Crippen molar-refractivity contribution in [2.45, 2.75) is 25.6 Å². The van der Waals surface area contributed by atoms with E-state index in [0.29, 0.717) is 23.9 Å². The van der Waals surface area contributed by atoms with Crippen LogP contribution >= 0.6 is 0 Å². The molecule has 1 fully saturated rings. The Hall–Kier alpha value is -2.35. The molecule has 0 spiro atoms. The molecule has 2 rings (SSSR count). The summed E-state index contributed by atoms with van der Waals surface area (Å²) in [7, 11) is 0. The van der Waals surface area contributed by atoms with Gasteiger partial charge in [0.2, 0.25) is 5.60 Å². The first kappa shape index (κ1) is 19.0. The minimum atomic E-state index is -5.06. The smallest absolute Gasteiger partial charge is 0.404 e. The van der Waals surface area contributed by atoms with Crippen molar-refractivity contribution in [3.63, 3.8) is 0 Å². The van der Waals surface area contributed by atoms with Gasteiger partial charge in [-0.1, -0.05) is 25.1 Å². The van der Waals surface area contributed by atoms with Crippen molar-refractivity contribution in [1.82, 2.24) is 4.90 Å². The number of rotatable bonds is 2. The van der Waals surface area contributed by atoms with E-state index in [4.69, 9.17) is 5.73 Å². The summed E-state index contributed by atoms with van der Waals surface area (Å²) in [5.41, 5.74) is 3.91. The van der Waals surface area contributed by atoms with Crippen molar-refractivity contribution in [3.05, 3.63) is 42.1 Å². The fourth-order valence-electron chi connectivity index (χ4n) is 2.63. The molecular formula is C17H20F3N3O2. The third-order valence-electron chi connectivity index (χ3n) is 4.11. The first-order valence-corrected chi connectivity index (χ1v) is 7.71. The summed E-state index contributed by atoms with van der Waals surface area (Å²) >= 11 is 0. The van der Waals surface area contributed by atoms with Gasteiger partial charge in [-0.3, -0.25) is 9.79 Å². The SMILES string of the molecule is CC1CN(C(=O)[C@@](C)(O)C(F)(F)F)C/C(=C/N)C1=Nc1ccccc1. The summed E-state index contributed by atoms with van der Waals surface area (Å²) in [5.74, 6) is -1.73. The molecule has 0 aliphatic carbocycles. The van der Waals surface area contributed by atoms with E-state index in [1.807, 2.05) is 18.2 Å². The van der Waals surface area contributed by atoms with Crippen LogP contribution in [-0.2, 0) is 4.79 Å². The number of para-hydroxylation sites is 1. The number of carbonyl (C=O) groups excluding carboxylic acids is 1. The topological polar surface area (TPSA) is 78.9 Å². The van der Waals surface area contributed by atoms with E-state index in [2.05, 4.69) is 4.99 Å². The number of carbonyl (C=O) groups is 1. The number of piperidine rings is 1. The Bertz CT molecular complexity index is 697. The number of aliphatic imine (C=N–C) groups is 1. The maximum Gasteiger partial charge on any atom is 0.426 e. The van der Waals surface area contributed by atoms with E-state index < -0.39 is 17.7 Å². The Labute approximate surface area is 143 Å². The zero-order chi connectivity index (χ0) is 18.8. The minimum absolute atomic E-state index is 0.00801. The Morgan fingerprint density at radius 1 is 1.36 bits per heavy atom. The molecule has 5 nitrogen and oxygen atoms in total. The number of amides is 1. The van der Waals surface area contributed by atoms with Gasteiger partial charge in [-0.2, -0.15) is 13.2 Å². The van der Waals surface area contributed by atoms with E-state index >= 15 is 0 Å². The van der Waals surface area contributed by atoms with Crippen LogP contribution in [0, 0.1) is 5.92 Å². The van der Waals surface area contributed by atoms with Gasteiger partial charge >= 0.3 is 6.18 Å². The van der Waals surface area contributed by atoms with Crippen molar-refractivity contribution in [3.8, 4) is 0 Å². The number of alkyl halides is 3. The van der Waals surface area contributed by atoms with Crippen LogP contribution in [0.4, 0.5) is 18.9 Å². The van der Waals surface area contributed by atoms with Gasteiger partial charge in [0.1, 0.15) is 0 Å². The van der Waals surface area contributed by atoms with Crippen LogP contribution in [0.25, 0.3) is 0 Å². The van der Waals surface area contributed by atoms with Gasteiger partial charge in [0.15, 0.2) is 0 Å². The molecule has 1 heterocycles. The second-order valence-electron chi connectivity index (χ2n) is 6.18. The van der Waals surface area contributed by atoms with Crippen LogP contribution in [0.15, 0.2) is 47.1 Å². The molecule has 136 valence electrons. The summed E-state index contributed by atoms with van der Waals surface area (Å²) in [6.07, 6.45) is -3.82. The molecule has 2 atom stereocenters. The Morgan fingerprint density at radius 2 is 1.96 bits per heavy atom. The van der Waals surface area contributed by atoms with Gasteiger partial charge in [-0.05, 0) is 19.1 Å². The largest absolute Gasteiger partial charge is 0.426 e. The third-order valence-corrected chi connectivity index (χ3v) is 4.11. The highest BCUT2D eigenvalue weighted by Gasteiger charge is 2.57. The van der Waals surface area contributed by atoms with Crippen LogP contribution in [0.5, 0.6) is 0 Å². The Morgan fingerprint density at radius 3 is 2.48 bits per heavy atom. The Balaban J connectivity index is 2.29. The van der Waals surface area contributed by atoms with E-state index in [1.165, 1.54) is 6.20 Å². The highest BCUT2D eigenvalue weighted by molar-refractivity contribution is 6.05. The number of nitrogens with zero attached hydrogens (tertiary/aromatic N) is 2. The third kappa shape index (κ3) is 3.84. The number of halogens is 3. The lowest BCUT2D eigenvalue weighted by Crippen LogP contribution is -2.58. The average molecular weight is 355 g/mol. The average Bonchev–Trinajstić information content (AvgIpc) is 2.55. The van der Waals surface area contributed by atoms with Gasteiger partial charge in [0, 0.05) is 30.8 Å². The molecule has 1 aliphatic rings. The number of aliphatic hydroxyl groups is 1. The monoisotopic (exact) mass is 355 g/mol. The fraction of sp³-hybridized carbons (Fsp3) is 0.412. The molecule has 0 bridgehead atoms. The second-order valence-corrected chi connectivity index (χ2v) is 6.18. The predicted octanol–water partition coefficient (Wildman–Crippen LogP) is 2.39. The van der Waals surface area contributed by atoms with Crippen molar-refractivity contribution < 1.29 is 23.1 Å². The van der Waals surface area contributed by atoms with E-state index in [-0.39, 0.29) is 19.0 Å². The maximum absolute atomic E-state index is 12.9. The Kier molecular flexibility index (Phi) is 5.22. The number of nitrogens with two attached hydrogens (primary N) is 1. The molecule has 1 aromatic rings. The summed E-state index contributed by atoms with van der Waals surface area (Å²) in [5, 5.41) is 9.62. The quantitative estimate of drug-likeness (QED) is 0.855. The lowest BCUT2D eigenvalue weighted by Gasteiger charge is -2.38. The molecule has 1 aromatic carbocycles. The number of benzene rings is 1. The molecule has 1 aliphatic heterocycles. The molecule has 0 saturated carbocycles. The summed E-state index contributed by atoms with van der Waals surface area (Å²) in [6.45, 7) is 2.07. The normalized spacial score (nSPS) is 24.4. The summed E-state index contributed by atoms with van der Waals surface area (Å²) < 4.78 is 38.8. The number of likely N-dealkylation sites (tertiary alicyclic amines) is 1. The van der Waals surface area contributed by atoms with Crippen LogP contribution in [0.3, 0.4) is 0 Å². The molecule has 25 heavy (non-hydrogen) atoms. The lowest BCUT2D eigenvalue weighted by molar-refractivity contribution is -0.250. The van der Waals surface area contributed by atoms with Gasteiger partial charge < -0.3 is 15.7 Å². The van der Waals surface area contributed by atoms with Crippen molar-refractivity contribution in [2.75, 3.05) is 13.1 Å². The molecule has 1 unspecified atom stereocenters. The molecule has 1 saturated heterocycles. The molecule has 0 aromatic heterocycles. The standard InChI is InChI=1S/C17H20F3N3O2/c1-11-9-23(15(24)16(2,25)17(18,19)20)10-12(8-21)14(11)22-13-6-4-3-5-7-13/h3-8,11,25H,9-10,21H2,1-2H3/b12-8-,22-14?/t11?,16-/m1/s1. The lowest BCUT2D eigenvalue weighted by atomic mass is 9.91. The van der Waals surface area contributed by atoms with Crippen molar-refractivity contribution in [2.24, 2.45) is 16.6 Å². The van der Waals surface area contributed by atoms with Crippen LogP contribution < -0.4 is 5.73 Å². The number of hydrogen-bond donors (Lipinski definition) is 2.